The lowest BCUT2D eigenvalue weighted by atomic mass is 10.2. The van der Waals surface area contributed by atoms with Crippen LogP contribution in [0.5, 0.6) is 5.75 Å². The van der Waals surface area contributed by atoms with E-state index in [2.05, 4.69) is 5.10 Å². The van der Waals surface area contributed by atoms with Crippen LogP contribution in [0.15, 0.2) is 41.1 Å². The van der Waals surface area contributed by atoms with Crippen LogP contribution < -0.4 is 0 Å². The molecule has 2 heterocycles. The Hall–Kier alpha value is -3.60. The maximum atomic E-state index is 13.8. The zero-order valence-electron chi connectivity index (χ0n) is 13.1. The SMILES string of the molecule is CCOC(=O)c1cn(-c2cc(C#N)cc(F)c2O)nc1-c1ccco1. The quantitative estimate of drug-likeness (QED) is 0.732. The summed E-state index contributed by atoms with van der Waals surface area (Å²) in [6, 6.07) is 7.18. The van der Waals surface area contributed by atoms with Gasteiger partial charge in [0.05, 0.1) is 24.5 Å². The number of benzene rings is 1. The summed E-state index contributed by atoms with van der Waals surface area (Å²) in [6.45, 7) is 1.82. The number of carbonyl (C=O) groups excluding carboxylic acids is 1. The summed E-state index contributed by atoms with van der Waals surface area (Å²) in [5.74, 6) is -2.00. The lowest BCUT2D eigenvalue weighted by molar-refractivity contribution is 0.0527. The molecule has 0 bridgehead atoms. The largest absolute Gasteiger partial charge is 0.503 e. The Bertz CT molecular complexity index is 971. The molecule has 126 valence electrons. The van der Waals surface area contributed by atoms with Crippen molar-refractivity contribution in [1.82, 2.24) is 9.78 Å². The fourth-order valence-corrected chi connectivity index (χ4v) is 2.27. The second-order valence-corrected chi connectivity index (χ2v) is 4.97. The lowest BCUT2D eigenvalue weighted by Gasteiger charge is -2.05. The molecule has 0 radical (unpaired) electrons. The van der Waals surface area contributed by atoms with Gasteiger partial charge >= 0.3 is 5.97 Å². The average molecular weight is 341 g/mol. The topological polar surface area (TPSA) is 101 Å². The van der Waals surface area contributed by atoms with Gasteiger partial charge in [0.1, 0.15) is 16.9 Å². The van der Waals surface area contributed by atoms with Gasteiger partial charge in [0.15, 0.2) is 17.3 Å². The molecule has 0 aliphatic carbocycles. The molecule has 0 atom stereocenters. The third-order valence-electron chi connectivity index (χ3n) is 3.38. The molecular weight excluding hydrogens is 329 g/mol. The van der Waals surface area contributed by atoms with Crippen molar-refractivity contribution in [3.8, 4) is 29.0 Å². The molecule has 0 saturated carbocycles. The molecule has 3 rings (SSSR count). The molecule has 8 heteroatoms. The summed E-state index contributed by atoms with van der Waals surface area (Å²) in [6.07, 6.45) is 2.70. The van der Waals surface area contributed by atoms with Crippen molar-refractivity contribution < 1.29 is 23.4 Å². The van der Waals surface area contributed by atoms with Gasteiger partial charge in [-0.15, -0.1) is 0 Å². The first kappa shape index (κ1) is 16.3. The van der Waals surface area contributed by atoms with E-state index in [1.165, 1.54) is 18.5 Å². The fraction of sp³-hybridized carbons (Fsp3) is 0.118. The van der Waals surface area contributed by atoms with Gasteiger partial charge in [-0.1, -0.05) is 0 Å². The number of halogens is 1. The van der Waals surface area contributed by atoms with Crippen LogP contribution in [0.2, 0.25) is 0 Å². The lowest BCUT2D eigenvalue weighted by Crippen LogP contribution is -2.04. The molecule has 0 aliphatic heterocycles. The predicted molar refractivity (Wildman–Crippen MR) is 83.6 cm³/mol. The summed E-state index contributed by atoms with van der Waals surface area (Å²) in [5.41, 5.74) is 0.169. The number of phenolic OH excluding ortho intramolecular Hbond substituents is 1. The molecule has 1 N–H and O–H groups in total. The third kappa shape index (κ3) is 2.95. The van der Waals surface area contributed by atoms with Crippen molar-refractivity contribution in [1.29, 1.82) is 5.26 Å². The van der Waals surface area contributed by atoms with Crippen LogP contribution in [-0.4, -0.2) is 27.5 Å². The number of esters is 1. The first-order valence-corrected chi connectivity index (χ1v) is 7.28. The Labute approximate surface area is 141 Å². The van der Waals surface area contributed by atoms with E-state index in [0.717, 1.165) is 10.7 Å². The molecule has 0 amide bonds. The Balaban J connectivity index is 2.19. The van der Waals surface area contributed by atoms with Crippen LogP contribution in [0.25, 0.3) is 17.1 Å². The second kappa shape index (κ2) is 6.49. The molecular formula is C17H12FN3O4. The van der Waals surface area contributed by atoms with E-state index in [0.29, 0.717) is 5.76 Å². The Morgan fingerprint density at radius 2 is 2.32 bits per heavy atom. The summed E-state index contributed by atoms with van der Waals surface area (Å²) in [4.78, 5) is 12.2. The predicted octanol–water partition coefficient (Wildman–Crippen LogP) is 3.03. The van der Waals surface area contributed by atoms with Crippen molar-refractivity contribution in [3.05, 3.63) is 53.7 Å². The van der Waals surface area contributed by atoms with Gasteiger partial charge in [0, 0.05) is 6.20 Å². The number of hydrogen-bond donors (Lipinski definition) is 1. The van der Waals surface area contributed by atoms with Gasteiger partial charge in [-0.3, -0.25) is 0 Å². The number of hydrogen-bond acceptors (Lipinski definition) is 6. The van der Waals surface area contributed by atoms with E-state index < -0.39 is 17.5 Å². The molecule has 0 unspecified atom stereocenters. The molecule has 3 aromatic rings. The maximum Gasteiger partial charge on any atom is 0.342 e. The highest BCUT2D eigenvalue weighted by molar-refractivity contribution is 5.95. The van der Waals surface area contributed by atoms with Crippen molar-refractivity contribution in [3.63, 3.8) is 0 Å². The van der Waals surface area contributed by atoms with E-state index in [1.807, 2.05) is 0 Å². The number of nitrogens with zero attached hydrogens (tertiary/aromatic N) is 3. The number of ether oxygens (including phenoxy) is 1. The molecule has 7 nitrogen and oxygen atoms in total. The van der Waals surface area contributed by atoms with Crippen molar-refractivity contribution in [2.45, 2.75) is 6.92 Å². The van der Waals surface area contributed by atoms with Gasteiger partial charge < -0.3 is 14.3 Å². The fourth-order valence-electron chi connectivity index (χ4n) is 2.27. The Morgan fingerprint density at radius 1 is 1.52 bits per heavy atom. The van der Waals surface area contributed by atoms with Crippen LogP contribution in [-0.2, 0) is 4.74 Å². The summed E-state index contributed by atoms with van der Waals surface area (Å²) >= 11 is 0. The maximum absolute atomic E-state index is 13.8. The number of aromatic hydroxyl groups is 1. The van der Waals surface area contributed by atoms with E-state index in [-0.39, 0.29) is 29.1 Å². The molecule has 0 aliphatic rings. The van der Waals surface area contributed by atoms with Crippen LogP contribution in [0, 0.1) is 17.1 Å². The zero-order chi connectivity index (χ0) is 18.0. The molecule has 2 aromatic heterocycles. The number of aromatic nitrogens is 2. The highest BCUT2D eigenvalue weighted by Crippen LogP contribution is 2.30. The molecule has 0 spiro atoms. The molecule has 25 heavy (non-hydrogen) atoms. The summed E-state index contributed by atoms with van der Waals surface area (Å²) in [5, 5.41) is 23.1. The van der Waals surface area contributed by atoms with Gasteiger partial charge in [0.2, 0.25) is 0 Å². The highest BCUT2D eigenvalue weighted by Gasteiger charge is 2.23. The van der Waals surface area contributed by atoms with Crippen LogP contribution in [0.3, 0.4) is 0 Å². The summed E-state index contributed by atoms with van der Waals surface area (Å²) in [7, 11) is 0. The first-order chi connectivity index (χ1) is 12.0. The van der Waals surface area contributed by atoms with Gasteiger partial charge in [-0.25, -0.2) is 13.9 Å². The van der Waals surface area contributed by atoms with Gasteiger partial charge in [-0.2, -0.15) is 10.4 Å². The van der Waals surface area contributed by atoms with Crippen molar-refractivity contribution in [2.75, 3.05) is 6.61 Å². The van der Waals surface area contributed by atoms with E-state index >= 15 is 0 Å². The normalized spacial score (nSPS) is 10.4. The highest BCUT2D eigenvalue weighted by atomic mass is 19.1. The zero-order valence-corrected chi connectivity index (χ0v) is 13.1. The minimum Gasteiger partial charge on any atom is -0.503 e. The smallest absolute Gasteiger partial charge is 0.342 e. The van der Waals surface area contributed by atoms with Crippen LogP contribution >= 0.6 is 0 Å². The number of rotatable bonds is 4. The van der Waals surface area contributed by atoms with Gasteiger partial charge in [-0.05, 0) is 31.2 Å². The average Bonchev–Trinajstić information content (AvgIpc) is 3.26. The van der Waals surface area contributed by atoms with Gasteiger partial charge in [0.25, 0.3) is 0 Å². The Kier molecular flexibility index (Phi) is 4.22. The number of phenols is 1. The molecule has 0 saturated heterocycles. The molecule has 0 fully saturated rings. The Morgan fingerprint density at radius 3 is 2.96 bits per heavy atom. The minimum absolute atomic E-state index is 0.00182. The number of nitriles is 1. The molecule has 1 aromatic carbocycles. The van der Waals surface area contributed by atoms with Crippen molar-refractivity contribution >= 4 is 5.97 Å². The summed E-state index contributed by atoms with van der Waals surface area (Å²) < 4.78 is 25.2. The van der Waals surface area contributed by atoms with Crippen LogP contribution in [0.1, 0.15) is 22.8 Å². The van der Waals surface area contributed by atoms with E-state index in [4.69, 9.17) is 14.4 Å². The second-order valence-electron chi connectivity index (χ2n) is 4.97. The first-order valence-electron chi connectivity index (χ1n) is 7.28. The van der Waals surface area contributed by atoms with E-state index in [9.17, 15) is 14.3 Å². The monoisotopic (exact) mass is 341 g/mol. The number of furan rings is 1. The standard InChI is InChI=1S/C17H12FN3O4/c1-2-24-17(23)11-9-21(20-15(11)14-4-3-5-25-14)13-7-10(8-19)6-12(18)16(13)22/h3-7,9,22H,2H2,1H3. The minimum atomic E-state index is -0.971. The number of carbonyl (C=O) groups is 1. The van der Waals surface area contributed by atoms with Crippen molar-refractivity contribution in [2.24, 2.45) is 0 Å². The van der Waals surface area contributed by atoms with E-state index in [1.54, 1.807) is 25.1 Å². The van der Waals surface area contributed by atoms with Crippen LogP contribution in [0.4, 0.5) is 4.39 Å². The third-order valence-corrected chi connectivity index (χ3v) is 3.38.